The van der Waals surface area contributed by atoms with Crippen LogP contribution in [0.4, 0.5) is 10.1 Å². The van der Waals surface area contributed by atoms with Crippen LogP contribution in [0.5, 0.6) is 0 Å². The highest BCUT2D eigenvalue weighted by Gasteiger charge is 2.37. The summed E-state index contributed by atoms with van der Waals surface area (Å²) in [6.45, 7) is 18.2. The van der Waals surface area contributed by atoms with E-state index in [0.29, 0.717) is 29.7 Å². The lowest BCUT2D eigenvalue weighted by Crippen LogP contribution is -2.61. The van der Waals surface area contributed by atoms with Crippen LogP contribution in [0.15, 0.2) is 54.4 Å². The Hall–Kier alpha value is -3.10. The number of aromatic nitrogens is 1. The number of piperidine rings is 1. The van der Waals surface area contributed by atoms with E-state index in [1.165, 1.54) is 6.07 Å². The van der Waals surface area contributed by atoms with Crippen LogP contribution in [0, 0.1) is 12.7 Å². The number of hydrogen-bond donors (Lipinski definition) is 1. The Morgan fingerprint density at radius 1 is 1.21 bits per heavy atom. The number of hydrogen-bond acceptors (Lipinski definition) is 7. The summed E-state index contributed by atoms with van der Waals surface area (Å²) in [5.74, 6) is 0.0389. The summed E-state index contributed by atoms with van der Waals surface area (Å²) in [6.07, 6.45) is 3.18. The summed E-state index contributed by atoms with van der Waals surface area (Å²) in [7, 11) is 1.65. The summed E-state index contributed by atoms with van der Waals surface area (Å²) in [4.78, 5) is 16.4. The fraction of sp³-hybridized carbons (Fsp3) is 0.467. The van der Waals surface area contributed by atoms with Crippen molar-refractivity contribution in [3.63, 3.8) is 0 Å². The van der Waals surface area contributed by atoms with Crippen LogP contribution >= 0.6 is 11.6 Å². The van der Waals surface area contributed by atoms with Gasteiger partial charge in [0.2, 0.25) is 5.90 Å². The molecule has 0 spiro atoms. The molecule has 1 aromatic carbocycles. The number of rotatable bonds is 7. The molecule has 0 radical (unpaired) electrons. The van der Waals surface area contributed by atoms with Gasteiger partial charge in [-0.05, 0) is 64.0 Å². The van der Waals surface area contributed by atoms with Gasteiger partial charge in [0.05, 0.1) is 16.4 Å². The third kappa shape index (κ3) is 6.39. The number of benzene rings is 1. The number of nitrogens with two attached hydrogens (primary N) is 1. The van der Waals surface area contributed by atoms with Gasteiger partial charge in [0, 0.05) is 62.6 Å². The largest absolute Gasteiger partial charge is 0.422 e. The van der Waals surface area contributed by atoms with Crippen molar-refractivity contribution in [3.8, 4) is 0 Å². The normalized spacial score (nSPS) is 21.2. The first-order valence-corrected chi connectivity index (χ1v) is 14.0. The van der Waals surface area contributed by atoms with Crippen molar-refractivity contribution in [3.05, 3.63) is 77.2 Å². The molecule has 2 N–H and O–H groups in total. The molecule has 0 amide bonds. The minimum absolute atomic E-state index is 0.0867. The Kier molecular flexibility index (Phi) is 9.18. The van der Waals surface area contributed by atoms with Crippen LogP contribution in [0.25, 0.3) is 5.70 Å². The van der Waals surface area contributed by atoms with Gasteiger partial charge in [0.25, 0.3) is 0 Å². The Morgan fingerprint density at radius 3 is 2.51 bits per heavy atom. The Balaban J connectivity index is 1.41. The number of anilines is 1. The molecule has 0 bridgehead atoms. The zero-order chi connectivity index (χ0) is 28.3. The van der Waals surface area contributed by atoms with E-state index >= 15 is 0 Å². The van der Waals surface area contributed by atoms with Gasteiger partial charge >= 0.3 is 0 Å². The number of aliphatic imine (C=N–C) groups is 1. The van der Waals surface area contributed by atoms with E-state index in [9.17, 15) is 4.39 Å². The summed E-state index contributed by atoms with van der Waals surface area (Å²) in [5, 5.41) is 0.137. The van der Waals surface area contributed by atoms with Crippen molar-refractivity contribution in [2.24, 2.45) is 10.7 Å². The van der Waals surface area contributed by atoms with Gasteiger partial charge in [-0.2, -0.15) is 0 Å². The van der Waals surface area contributed by atoms with Gasteiger partial charge in [0.1, 0.15) is 11.5 Å². The molecule has 2 aromatic rings. The Bertz CT molecular complexity index is 1240. The zero-order valence-electron chi connectivity index (χ0n) is 23.5. The Labute approximate surface area is 236 Å². The summed E-state index contributed by atoms with van der Waals surface area (Å²) in [6, 6.07) is 10.3. The van der Waals surface area contributed by atoms with Crippen LogP contribution < -0.4 is 10.6 Å². The quantitative estimate of drug-likeness (QED) is 0.280. The first kappa shape index (κ1) is 28.9. The molecule has 2 fully saturated rings. The summed E-state index contributed by atoms with van der Waals surface area (Å²) < 4.78 is 19.4. The molecule has 210 valence electrons. The molecule has 2 atom stereocenters. The van der Waals surface area contributed by atoms with Crippen molar-refractivity contribution in [2.45, 2.75) is 58.2 Å². The van der Waals surface area contributed by atoms with Crippen molar-refractivity contribution < 1.29 is 9.13 Å². The van der Waals surface area contributed by atoms with Gasteiger partial charge in [-0.3, -0.25) is 9.89 Å². The maximum absolute atomic E-state index is 14.0. The van der Waals surface area contributed by atoms with Gasteiger partial charge in [-0.1, -0.05) is 31.2 Å². The van der Waals surface area contributed by atoms with E-state index in [1.807, 2.05) is 19.1 Å². The van der Waals surface area contributed by atoms with Crippen LogP contribution in [-0.2, 0) is 4.74 Å². The Morgan fingerprint density at radius 2 is 1.92 bits per heavy atom. The molecule has 2 aliphatic heterocycles. The predicted octanol–water partition coefficient (Wildman–Crippen LogP) is 5.43. The molecule has 0 saturated carbocycles. The second-order valence-corrected chi connectivity index (χ2v) is 10.9. The molecule has 9 heteroatoms. The van der Waals surface area contributed by atoms with Gasteiger partial charge in [-0.25, -0.2) is 9.37 Å². The average Bonchev–Trinajstić information content (AvgIpc) is 2.93. The topological polar surface area (TPSA) is 70.2 Å². The maximum atomic E-state index is 14.0. The number of halogens is 2. The van der Waals surface area contributed by atoms with Crippen molar-refractivity contribution in [1.29, 1.82) is 0 Å². The third-order valence-corrected chi connectivity index (χ3v) is 8.25. The van der Waals surface area contributed by atoms with Crippen LogP contribution in [0.2, 0.25) is 5.02 Å². The van der Waals surface area contributed by atoms with E-state index in [0.717, 1.165) is 68.1 Å². The highest BCUT2D eigenvalue weighted by Crippen LogP contribution is 2.32. The highest BCUT2D eigenvalue weighted by molar-refractivity contribution is 6.30. The van der Waals surface area contributed by atoms with E-state index in [2.05, 4.69) is 52.8 Å². The van der Waals surface area contributed by atoms with E-state index in [4.69, 9.17) is 27.1 Å². The first-order chi connectivity index (χ1) is 18.6. The zero-order valence-corrected chi connectivity index (χ0v) is 24.2. The molecule has 2 aliphatic rings. The molecule has 3 heterocycles. The number of pyridine rings is 1. The lowest BCUT2D eigenvalue weighted by Gasteiger charge is -2.51. The molecule has 0 aliphatic carbocycles. The van der Waals surface area contributed by atoms with E-state index in [1.54, 1.807) is 13.1 Å². The minimum Gasteiger partial charge on any atom is -0.422 e. The molecular formula is C30H40ClFN6O. The first-order valence-electron chi connectivity index (χ1n) is 13.6. The van der Waals surface area contributed by atoms with Crippen molar-refractivity contribution in [1.82, 2.24) is 14.8 Å². The van der Waals surface area contributed by atoms with Gasteiger partial charge < -0.3 is 20.3 Å². The number of piperazine rings is 1. The predicted molar refractivity (Wildman–Crippen MR) is 158 cm³/mol. The minimum atomic E-state index is -0.406. The van der Waals surface area contributed by atoms with Crippen LogP contribution in [0.3, 0.4) is 0 Å². The lowest BCUT2D eigenvalue weighted by atomic mass is 9.95. The average molecular weight is 555 g/mol. The highest BCUT2D eigenvalue weighted by atomic mass is 35.5. The molecule has 39 heavy (non-hydrogen) atoms. The molecular weight excluding hydrogens is 515 g/mol. The van der Waals surface area contributed by atoms with E-state index in [-0.39, 0.29) is 10.9 Å². The summed E-state index contributed by atoms with van der Waals surface area (Å²) >= 11 is 5.87. The number of ether oxygens (including phenoxy) is 1. The SMILES string of the molecule is C=C(N)O/C(=N\C)c1ccc(N2C[C@H](CC)N(C3CCN(C(=C)c4ccc(Cl)c(F)c4)CC3)C[C@H]2C)c(C)n1. The molecule has 2 saturated heterocycles. The fourth-order valence-electron chi connectivity index (χ4n) is 5.85. The van der Waals surface area contributed by atoms with Gasteiger partial charge in [-0.15, -0.1) is 0 Å². The fourth-order valence-corrected chi connectivity index (χ4v) is 5.97. The van der Waals surface area contributed by atoms with E-state index < -0.39 is 5.82 Å². The van der Waals surface area contributed by atoms with Crippen LogP contribution in [0.1, 0.15) is 50.1 Å². The van der Waals surface area contributed by atoms with Gasteiger partial charge in [0.15, 0.2) is 5.88 Å². The number of nitrogens with zero attached hydrogens (tertiary/aromatic N) is 5. The number of aryl methyl sites for hydroxylation is 1. The number of likely N-dealkylation sites (tertiary alicyclic amines) is 1. The van der Waals surface area contributed by atoms with Crippen molar-refractivity contribution >= 4 is 28.9 Å². The third-order valence-electron chi connectivity index (χ3n) is 7.94. The lowest BCUT2D eigenvalue weighted by molar-refractivity contribution is 0.0643. The molecule has 0 unspecified atom stereocenters. The molecule has 4 rings (SSSR count). The van der Waals surface area contributed by atoms with Crippen molar-refractivity contribution in [2.75, 3.05) is 38.1 Å². The summed E-state index contributed by atoms with van der Waals surface area (Å²) in [5.41, 5.74) is 9.96. The maximum Gasteiger partial charge on any atom is 0.242 e. The monoisotopic (exact) mass is 554 g/mol. The molecule has 7 nitrogen and oxygen atoms in total. The second kappa shape index (κ2) is 12.4. The second-order valence-electron chi connectivity index (χ2n) is 10.5. The standard InChI is InChI=1S/C30H40ClFN6O/c1-7-24-18-37(29-11-10-28(35-20(29)3)30(34-6)39-22(5)33)19(2)17-38(24)25-12-14-36(15-13-25)21(4)23-8-9-26(31)27(32)16-23/h8-11,16,19,24-25H,4-5,7,12-15,17-18,33H2,1-3,6H3/b34-30-/t19-,24+/m1/s1. The molecule has 1 aromatic heterocycles. The van der Waals surface area contributed by atoms with Crippen LogP contribution in [-0.4, -0.2) is 72.0 Å². The smallest absolute Gasteiger partial charge is 0.242 e.